The Balaban J connectivity index is 1.57. The molecule has 2 fully saturated rings. The summed E-state index contributed by atoms with van der Waals surface area (Å²) in [4.78, 5) is 52.3. The maximum Gasteiger partial charge on any atom is 0.408 e. The predicted molar refractivity (Wildman–Crippen MR) is 173 cm³/mol. The Kier molecular flexibility index (Phi) is 12.1. The predicted octanol–water partition coefficient (Wildman–Crippen LogP) is 6.26. The van der Waals surface area contributed by atoms with Gasteiger partial charge in [0.15, 0.2) is 0 Å². The Labute approximate surface area is 275 Å². The number of halogens is 2. The van der Waals surface area contributed by atoms with Gasteiger partial charge >= 0.3 is 12.1 Å². The molecule has 2 aliphatic rings. The van der Waals surface area contributed by atoms with Crippen molar-refractivity contribution < 1.29 is 28.7 Å². The number of carbonyl (C=O) groups is 4. The normalized spacial score (nSPS) is 19.1. The molecule has 0 aromatic heterocycles. The summed E-state index contributed by atoms with van der Waals surface area (Å²) in [6.45, 7) is 4.43. The first-order valence-electron chi connectivity index (χ1n) is 15.6. The molecule has 1 aliphatic carbocycles. The van der Waals surface area contributed by atoms with E-state index in [-0.39, 0.29) is 18.2 Å². The van der Waals surface area contributed by atoms with Crippen LogP contribution in [0.4, 0.5) is 4.79 Å². The first-order chi connectivity index (χ1) is 21.5. The van der Waals surface area contributed by atoms with E-state index in [2.05, 4.69) is 16.0 Å². The smallest absolute Gasteiger partial charge is 0.408 e. The van der Waals surface area contributed by atoms with Crippen LogP contribution in [0.2, 0.25) is 10.0 Å². The van der Waals surface area contributed by atoms with Crippen LogP contribution in [0.5, 0.6) is 0 Å². The second kappa shape index (κ2) is 15.8. The standard InChI is InChI=1S/C34H43Cl2N3O6/c1-34(2,24-10-7-11-26(36)20-24)29(22-12-14-25(35)15-13-22)45-33(43)39-27(18-21-8-5-4-6-9-21)31(41)38-28(32(42)44-3)19-23-16-17-37-30(23)40/h7,10-15,20-21,23,27-29H,4-6,8-9,16-19H2,1-3H3,(H,37,40)(H,38,41)(H,39,43)/t23-,27-,28-,29?/m0/s1. The zero-order valence-electron chi connectivity index (χ0n) is 26.1. The van der Waals surface area contributed by atoms with Gasteiger partial charge in [-0.15, -0.1) is 0 Å². The highest BCUT2D eigenvalue weighted by Crippen LogP contribution is 2.41. The van der Waals surface area contributed by atoms with Crippen molar-refractivity contribution in [2.75, 3.05) is 13.7 Å². The molecule has 2 aromatic carbocycles. The monoisotopic (exact) mass is 659 g/mol. The summed E-state index contributed by atoms with van der Waals surface area (Å²) < 4.78 is 11.1. The second-order valence-corrected chi connectivity index (χ2v) is 13.5. The molecule has 3 N–H and O–H groups in total. The lowest BCUT2D eigenvalue weighted by molar-refractivity contribution is -0.146. The molecule has 1 heterocycles. The molecule has 1 unspecified atom stereocenters. The molecule has 1 saturated carbocycles. The van der Waals surface area contributed by atoms with Crippen molar-refractivity contribution in [1.29, 1.82) is 0 Å². The minimum absolute atomic E-state index is 0.108. The number of rotatable bonds is 12. The number of alkyl carbamates (subject to hydrolysis) is 1. The third-order valence-corrected chi connectivity index (χ3v) is 9.50. The fraction of sp³-hybridized carbons (Fsp3) is 0.529. The van der Waals surface area contributed by atoms with E-state index in [9.17, 15) is 19.2 Å². The molecule has 4 rings (SSSR count). The number of benzene rings is 2. The van der Waals surface area contributed by atoms with Crippen LogP contribution in [0, 0.1) is 11.8 Å². The molecule has 3 amide bonds. The Morgan fingerprint density at radius 1 is 0.933 bits per heavy atom. The van der Waals surface area contributed by atoms with Crippen molar-refractivity contribution in [3.05, 3.63) is 69.7 Å². The molecular weight excluding hydrogens is 617 g/mol. The number of amides is 3. The van der Waals surface area contributed by atoms with E-state index in [4.69, 9.17) is 32.7 Å². The van der Waals surface area contributed by atoms with Crippen molar-refractivity contribution in [3.63, 3.8) is 0 Å². The van der Waals surface area contributed by atoms with Crippen molar-refractivity contribution in [2.24, 2.45) is 11.8 Å². The van der Waals surface area contributed by atoms with Gasteiger partial charge in [0.25, 0.3) is 0 Å². The lowest BCUT2D eigenvalue weighted by Gasteiger charge is -2.35. The first kappa shape index (κ1) is 34.6. The summed E-state index contributed by atoms with van der Waals surface area (Å²) in [6, 6.07) is 12.5. The average molecular weight is 661 g/mol. The van der Waals surface area contributed by atoms with Gasteiger partial charge in [0, 0.05) is 27.9 Å². The van der Waals surface area contributed by atoms with Crippen LogP contribution < -0.4 is 16.0 Å². The Hall–Kier alpha value is -3.30. The molecule has 0 radical (unpaired) electrons. The minimum Gasteiger partial charge on any atom is -0.467 e. The van der Waals surface area contributed by atoms with Gasteiger partial charge in [-0.2, -0.15) is 0 Å². The van der Waals surface area contributed by atoms with E-state index in [0.717, 1.165) is 37.7 Å². The van der Waals surface area contributed by atoms with Gasteiger partial charge < -0.3 is 25.4 Å². The lowest BCUT2D eigenvalue weighted by atomic mass is 9.76. The number of carbonyl (C=O) groups excluding carboxylic acids is 4. The third-order valence-electron chi connectivity index (χ3n) is 9.01. The van der Waals surface area contributed by atoms with Crippen LogP contribution in [0.3, 0.4) is 0 Å². The summed E-state index contributed by atoms with van der Waals surface area (Å²) in [6.07, 6.45) is 4.65. The first-order valence-corrected chi connectivity index (χ1v) is 16.4. The molecule has 1 saturated heterocycles. The molecule has 244 valence electrons. The Morgan fingerprint density at radius 2 is 1.64 bits per heavy atom. The van der Waals surface area contributed by atoms with Crippen molar-refractivity contribution in [2.45, 2.75) is 88.8 Å². The fourth-order valence-electron chi connectivity index (χ4n) is 6.36. The second-order valence-electron chi connectivity index (χ2n) is 12.6. The van der Waals surface area contributed by atoms with Crippen molar-refractivity contribution in [1.82, 2.24) is 16.0 Å². The maximum atomic E-state index is 13.8. The molecule has 9 nitrogen and oxygen atoms in total. The largest absolute Gasteiger partial charge is 0.467 e. The van der Waals surface area contributed by atoms with Gasteiger partial charge in [0.05, 0.1) is 7.11 Å². The molecule has 0 bridgehead atoms. The molecule has 0 spiro atoms. The van der Waals surface area contributed by atoms with E-state index in [0.29, 0.717) is 35.0 Å². The van der Waals surface area contributed by atoms with Crippen LogP contribution >= 0.6 is 23.2 Å². The van der Waals surface area contributed by atoms with E-state index in [1.165, 1.54) is 7.11 Å². The van der Waals surface area contributed by atoms with Crippen molar-refractivity contribution in [3.8, 4) is 0 Å². The highest BCUT2D eigenvalue weighted by atomic mass is 35.5. The van der Waals surface area contributed by atoms with Crippen molar-refractivity contribution >= 4 is 47.1 Å². The Bertz CT molecular complexity index is 1350. The topological polar surface area (TPSA) is 123 Å². The number of hydrogen-bond donors (Lipinski definition) is 3. The number of nitrogens with one attached hydrogen (secondary N) is 3. The van der Waals surface area contributed by atoms with E-state index >= 15 is 0 Å². The number of methoxy groups -OCH3 is 1. The molecule has 11 heteroatoms. The van der Waals surface area contributed by atoms with Gasteiger partial charge in [-0.1, -0.05) is 93.4 Å². The highest BCUT2D eigenvalue weighted by Gasteiger charge is 2.38. The van der Waals surface area contributed by atoms with E-state index < -0.39 is 47.5 Å². The molecule has 45 heavy (non-hydrogen) atoms. The van der Waals surface area contributed by atoms with Crippen LogP contribution in [0.15, 0.2) is 48.5 Å². The third kappa shape index (κ3) is 9.36. The van der Waals surface area contributed by atoms with Gasteiger partial charge in [0.1, 0.15) is 18.2 Å². The average Bonchev–Trinajstić information content (AvgIpc) is 3.43. The van der Waals surface area contributed by atoms with Gasteiger partial charge in [-0.25, -0.2) is 9.59 Å². The van der Waals surface area contributed by atoms with Crippen LogP contribution in [-0.4, -0.2) is 49.6 Å². The summed E-state index contributed by atoms with van der Waals surface area (Å²) in [7, 11) is 1.24. The van der Waals surface area contributed by atoms with E-state index in [1.807, 2.05) is 32.0 Å². The number of ether oxygens (including phenoxy) is 2. The summed E-state index contributed by atoms with van der Waals surface area (Å²) in [5.41, 5.74) is 0.846. The van der Waals surface area contributed by atoms with Crippen LogP contribution in [0.25, 0.3) is 0 Å². The molecular formula is C34H43Cl2N3O6. The number of esters is 1. The fourth-order valence-corrected chi connectivity index (χ4v) is 6.68. The zero-order valence-corrected chi connectivity index (χ0v) is 27.6. The van der Waals surface area contributed by atoms with Crippen LogP contribution in [-0.2, 0) is 29.3 Å². The summed E-state index contributed by atoms with van der Waals surface area (Å²) in [5, 5.41) is 9.45. The van der Waals surface area contributed by atoms with Gasteiger partial charge in [-0.05, 0) is 60.6 Å². The number of hydrogen-bond acceptors (Lipinski definition) is 6. The quantitative estimate of drug-likeness (QED) is 0.231. The molecule has 1 aliphatic heterocycles. The molecule has 4 atom stereocenters. The summed E-state index contributed by atoms with van der Waals surface area (Å²) in [5.74, 6) is -1.52. The molecule has 2 aromatic rings. The SMILES string of the molecule is COC(=O)[C@H](C[C@@H]1CCNC1=O)NC(=O)[C@H](CC1CCCCC1)NC(=O)OC(c1ccc(Cl)cc1)C(C)(C)c1cccc(Cl)c1. The van der Waals surface area contributed by atoms with E-state index in [1.54, 1.807) is 30.3 Å². The lowest BCUT2D eigenvalue weighted by Crippen LogP contribution is -2.53. The minimum atomic E-state index is -1.04. The van der Waals surface area contributed by atoms with Gasteiger partial charge in [0.2, 0.25) is 11.8 Å². The maximum absolute atomic E-state index is 13.8. The summed E-state index contributed by atoms with van der Waals surface area (Å²) >= 11 is 12.5. The van der Waals surface area contributed by atoms with Gasteiger partial charge in [-0.3, -0.25) is 9.59 Å². The zero-order chi connectivity index (χ0) is 32.6. The highest BCUT2D eigenvalue weighted by molar-refractivity contribution is 6.30. The van der Waals surface area contributed by atoms with Crippen LogP contribution in [0.1, 0.15) is 82.4 Å². The Morgan fingerprint density at radius 3 is 2.27 bits per heavy atom.